The molecule has 0 aliphatic carbocycles. The first-order valence-electron chi connectivity index (χ1n) is 24.2. The first kappa shape index (κ1) is 42.4. The van der Waals surface area contributed by atoms with Gasteiger partial charge in [0.15, 0.2) is 23.3 Å². The fraction of sp³-hybridized carbons (Fsp3) is 0. The Morgan fingerprint density at radius 3 is 1.03 bits per heavy atom. The van der Waals surface area contributed by atoms with Crippen LogP contribution in [-0.4, -0.2) is 24.9 Å². The Morgan fingerprint density at radius 1 is 0.194 bits per heavy atom. The molecule has 72 heavy (non-hydrogen) atoms. The standard InChI is InChI=1S/C67H43N5/c1-4-20-49(21-5-1)60-43-61(50-22-6-2-7-23-50)69-64(68-60)52-35-31-47(32-36-52)57-41-39-45-18-11-14-28-55(45)62(57)63-56-29-15-12-19-46(56)40-42-58(63)48-33-37-53(38-34-48)66-70-65(51-24-8-3-9-25-51)71-67(72-66)59-30-16-26-44-17-10-13-27-54(44)59/h1-43H. The summed E-state index contributed by atoms with van der Waals surface area (Å²) in [4.78, 5) is 25.6. The lowest BCUT2D eigenvalue weighted by Crippen LogP contribution is -2.00. The van der Waals surface area contributed by atoms with Gasteiger partial charge in [-0.3, -0.25) is 0 Å². The zero-order chi connectivity index (χ0) is 47.8. The Bertz CT molecular complexity index is 4060. The van der Waals surface area contributed by atoms with Crippen LogP contribution in [0.1, 0.15) is 0 Å². The molecule has 0 saturated heterocycles. The Balaban J connectivity index is 0.940. The molecule has 0 spiro atoms. The fourth-order valence-corrected chi connectivity index (χ4v) is 10.0. The molecule has 0 aliphatic rings. The van der Waals surface area contributed by atoms with Crippen molar-refractivity contribution in [3.05, 3.63) is 261 Å². The quantitative estimate of drug-likeness (QED) is 0.144. The molecule has 336 valence electrons. The maximum Gasteiger partial charge on any atom is 0.164 e. The van der Waals surface area contributed by atoms with E-state index in [-0.39, 0.29) is 0 Å². The maximum absolute atomic E-state index is 5.17. The van der Waals surface area contributed by atoms with Crippen LogP contribution >= 0.6 is 0 Å². The third kappa shape index (κ3) is 7.95. The molecule has 0 bridgehead atoms. The van der Waals surface area contributed by atoms with Gasteiger partial charge in [0.1, 0.15) is 0 Å². The van der Waals surface area contributed by atoms with Gasteiger partial charge >= 0.3 is 0 Å². The number of rotatable bonds is 9. The monoisotopic (exact) mass is 917 g/mol. The molecule has 0 fully saturated rings. The molecular formula is C67H43N5. The highest BCUT2D eigenvalue weighted by Crippen LogP contribution is 2.46. The van der Waals surface area contributed by atoms with Crippen LogP contribution in [-0.2, 0) is 0 Å². The van der Waals surface area contributed by atoms with E-state index in [1.165, 1.54) is 32.7 Å². The van der Waals surface area contributed by atoms with Gasteiger partial charge in [-0.25, -0.2) is 24.9 Å². The first-order chi connectivity index (χ1) is 35.7. The summed E-state index contributed by atoms with van der Waals surface area (Å²) in [6.45, 7) is 0. The van der Waals surface area contributed by atoms with Gasteiger partial charge in [0.05, 0.1) is 11.4 Å². The van der Waals surface area contributed by atoms with Crippen LogP contribution in [0, 0.1) is 0 Å². The Morgan fingerprint density at radius 2 is 0.542 bits per heavy atom. The average Bonchev–Trinajstić information content (AvgIpc) is 3.47. The summed E-state index contributed by atoms with van der Waals surface area (Å²) in [5, 5.41) is 6.94. The van der Waals surface area contributed by atoms with Crippen molar-refractivity contribution in [1.82, 2.24) is 24.9 Å². The SMILES string of the molecule is c1ccc(-c2cc(-c3ccccc3)nc(-c3ccc(-c4ccc5ccccc5c4-c4c(-c5ccc(-c6nc(-c7ccccc7)nc(-c7cccc8ccccc78)n6)cc5)ccc5ccccc45)cc3)n2)cc1. The predicted molar refractivity (Wildman–Crippen MR) is 297 cm³/mol. The molecule has 13 rings (SSSR count). The lowest BCUT2D eigenvalue weighted by atomic mass is 9.83. The van der Waals surface area contributed by atoms with Crippen molar-refractivity contribution in [2.75, 3.05) is 0 Å². The van der Waals surface area contributed by atoms with Gasteiger partial charge in [-0.1, -0.05) is 255 Å². The summed E-state index contributed by atoms with van der Waals surface area (Å²) in [6, 6.07) is 91.5. The van der Waals surface area contributed by atoms with Crippen molar-refractivity contribution in [3.63, 3.8) is 0 Å². The van der Waals surface area contributed by atoms with Crippen LogP contribution in [0.3, 0.4) is 0 Å². The molecule has 2 heterocycles. The molecule has 5 heteroatoms. The molecular weight excluding hydrogens is 875 g/mol. The van der Waals surface area contributed by atoms with E-state index >= 15 is 0 Å². The minimum absolute atomic E-state index is 0.616. The minimum Gasteiger partial charge on any atom is -0.228 e. The van der Waals surface area contributed by atoms with Gasteiger partial charge in [-0.15, -0.1) is 0 Å². The summed E-state index contributed by atoms with van der Waals surface area (Å²) < 4.78 is 0. The highest BCUT2D eigenvalue weighted by molar-refractivity contribution is 6.15. The highest BCUT2D eigenvalue weighted by Gasteiger charge is 2.21. The zero-order valence-corrected chi connectivity index (χ0v) is 39.1. The number of hydrogen-bond acceptors (Lipinski definition) is 5. The van der Waals surface area contributed by atoms with E-state index in [0.717, 1.165) is 77.8 Å². The largest absolute Gasteiger partial charge is 0.228 e. The fourth-order valence-electron chi connectivity index (χ4n) is 10.0. The number of aromatic nitrogens is 5. The van der Waals surface area contributed by atoms with Gasteiger partial charge < -0.3 is 0 Å². The van der Waals surface area contributed by atoms with Crippen LogP contribution in [0.4, 0.5) is 0 Å². The third-order valence-corrected chi connectivity index (χ3v) is 13.6. The van der Waals surface area contributed by atoms with Gasteiger partial charge in [0.2, 0.25) is 0 Å². The van der Waals surface area contributed by atoms with E-state index in [9.17, 15) is 0 Å². The van der Waals surface area contributed by atoms with E-state index in [2.05, 4.69) is 194 Å². The van der Waals surface area contributed by atoms with Crippen LogP contribution in [0.2, 0.25) is 0 Å². The van der Waals surface area contributed by atoms with Gasteiger partial charge in [0, 0.05) is 33.4 Å². The smallest absolute Gasteiger partial charge is 0.164 e. The van der Waals surface area contributed by atoms with Gasteiger partial charge in [-0.05, 0) is 71.8 Å². The minimum atomic E-state index is 0.616. The second kappa shape index (κ2) is 18.3. The lowest BCUT2D eigenvalue weighted by Gasteiger charge is -2.20. The second-order valence-electron chi connectivity index (χ2n) is 18.0. The maximum atomic E-state index is 5.17. The zero-order valence-electron chi connectivity index (χ0n) is 39.1. The third-order valence-electron chi connectivity index (χ3n) is 13.6. The summed E-state index contributed by atoms with van der Waals surface area (Å²) in [7, 11) is 0. The number of hydrogen-bond donors (Lipinski definition) is 0. The topological polar surface area (TPSA) is 64.5 Å². The van der Waals surface area contributed by atoms with E-state index in [1.807, 2.05) is 66.7 Å². The summed E-state index contributed by atoms with van der Waals surface area (Å²) in [5.41, 5.74) is 14.4. The van der Waals surface area contributed by atoms with Gasteiger partial charge in [-0.2, -0.15) is 0 Å². The molecule has 0 N–H and O–H groups in total. The number of fused-ring (bicyclic) bond motifs is 3. The molecule has 0 amide bonds. The molecule has 5 nitrogen and oxygen atoms in total. The molecule has 0 radical (unpaired) electrons. The Kier molecular flexibility index (Phi) is 10.8. The van der Waals surface area contributed by atoms with E-state index in [4.69, 9.17) is 24.9 Å². The molecule has 11 aromatic carbocycles. The van der Waals surface area contributed by atoms with Crippen molar-refractivity contribution < 1.29 is 0 Å². The van der Waals surface area contributed by atoms with Gasteiger partial charge in [0.25, 0.3) is 0 Å². The molecule has 2 aromatic heterocycles. The van der Waals surface area contributed by atoms with Crippen molar-refractivity contribution in [2.24, 2.45) is 0 Å². The Labute approximate surface area is 417 Å². The molecule has 0 atom stereocenters. The normalized spacial score (nSPS) is 11.3. The van der Waals surface area contributed by atoms with Crippen molar-refractivity contribution in [2.45, 2.75) is 0 Å². The van der Waals surface area contributed by atoms with E-state index in [1.54, 1.807) is 0 Å². The summed E-state index contributed by atoms with van der Waals surface area (Å²) >= 11 is 0. The number of benzene rings is 11. The molecule has 13 aromatic rings. The van der Waals surface area contributed by atoms with Crippen LogP contribution < -0.4 is 0 Å². The Hall–Kier alpha value is -9.71. The average molecular weight is 918 g/mol. The predicted octanol–water partition coefficient (Wildman–Crippen LogP) is 17.1. The highest BCUT2D eigenvalue weighted by atomic mass is 15.0. The summed E-state index contributed by atoms with van der Waals surface area (Å²) in [6.07, 6.45) is 0. The van der Waals surface area contributed by atoms with Crippen molar-refractivity contribution in [3.8, 4) is 101 Å². The van der Waals surface area contributed by atoms with E-state index in [0.29, 0.717) is 23.3 Å². The molecule has 0 aliphatic heterocycles. The van der Waals surface area contributed by atoms with Crippen LogP contribution in [0.5, 0.6) is 0 Å². The van der Waals surface area contributed by atoms with Crippen molar-refractivity contribution in [1.29, 1.82) is 0 Å². The van der Waals surface area contributed by atoms with Crippen molar-refractivity contribution >= 4 is 32.3 Å². The van der Waals surface area contributed by atoms with Crippen LogP contribution in [0.15, 0.2) is 261 Å². The molecule has 0 saturated carbocycles. The summed E-state index contributed by atoms with van der Waals surface area (Å²) in [5.74, 6) is 2.56. The number of nitrogens with zero attached hydrogens (tertiary/aromatic N) is 5. The second-order valence-corrected chi connectivity index (χ2v) is 18.0. The van der Waals surface area contributed by atoms with Crippen LogP contribution in [0.25, 0.3) is 134 Å². The van der Waals surface area contributed by atoms with E-state index < -0.39 is 0 Å². The first-order valence-corrected chi connectivity index (χ1v) is 24.2. The molecule has 0 unspecified atom stereocenters. The lowest BCUT2D eigenvalue weighted by molar-refractivity contribution is 1.08.